The van der Waals surface area contributed by atoms with Gasteiger partial charge in [0.25, 0.3) is 8.32 Å². The van der Waals surface area contributed by atoms with Crippen LogP contribution in [0.1, 0.15) is 33.3 Å². The molecule has 4 heteroatoms. The van der Waals surface area contributed by atoms with Gasteiger partial charge in [-0.15, -0.1) is 0 Å². The van der Waals surface area contributed by atoms with E-state index in [4.69, 9.17) is 4.43 Å². The Hall–Kier alpha value is -0.743. The van der Waals surface area contributed by atoms with Crippen molar-refractivity contribution < 1.29 is 4.43 Å². The first-order valence-electron chi connectivity index (χ1n) is 7.52. The van der Waals surface area contributed by atoms with Gasteiger partial charge in [-0.3, -0.25) is 0 Å². The highest BCUT2D eigenvalue weighted by atomic mass is 79.9. The van der Waals surface area contributed by atoms with Gasteiger partial charge in [0, 0.05) is 21.4 Å². The number of rotatable bonds is 4. The maximum Gasteiger partial charge on any atom is 0.252 e. The largest absolute Gasteiger partial charge is 0.532 e. The van der Waals surface area contributed by atoms with E-state index in [-0.39, 0.29) is 5.04 Å². The summed E-state index contributed by atoms with van der Waals surface area (Å²) in [5.41, 5.74) is 2.37. The molecule has 0 unspecified atom stereocenters. The zero-order chi connectivity index (χ0) is 16.0. The van der Waals surface area contributed by atoms with E-state index in [1.165, 1.54) is 10.9 Å². The molecule has 0 saturated heterocycles. The smallest absolute Gasteiger partial charge is 0.252 e. The molecule has 0 amide bonds. The second kappa shape index (κ2) is 5.47. The monoisotopic (exact) mass is 367 g/mol. The average Bonchev–Trinajstić information content (AvgIpc) is 2.69. The number of aromatic nitrogens is 1. The SMILES string of the molecule is Cc1cc2[nH]c(O[Si](C)(C)C(C)(C)C(C)C)cc2cc1Br. The van der Waals surface area contributed by atoms with Crippen LogP contribution in [-0.4, -0.2) is 13.3 Å². The fourth-order valence-corrected chi connectivity index (χ4v) is 5.07. The summed E-state index contributed by atoms with van der Waals surface area (Å²) < 4.78 is 7.60. The van der Waals surface area contributed by atoms with Crippen LogP contribution in [0.3, 0.4) is 0 Å². The zero-order valence-electron chi connectivity index (χ0n) is 14.1. The van der Waals surface area contributed by atoms with Crippen LogP contribution < -0.4 is 4.43 Å². The van der Waals surface area contributed by atoms with Crippen LogP contribution in [0, 0.1) is 12.8 Å². The van der Waals surface area contributed by atoms with Gasteiger partial charge in [0.15, 0.2) is 5.88 Å². The van der Waals surface area contributed by atoms with Gasteiger partial charge in [-0.2, -0.15) is 0 Å². The number of hydrogen-bond donors (Lipinski definition) is 1. The number of aryl methyl sites for hydroxylation is 1. The van der Waals surface area contributed by atoms with Crippen molar-refractivity contribution in [1.29, 1.82) is 0 Å². The van der Waals surface area contributed by atoms with Crippen molar-refractivity contribution in [2.75, 3.05) is 0 Å². The van der Waals surface area contributed by atoms with Crippen LogP contribution in [0.2, 0.25) is 18.1 Å². The van der Waals surface area contributed by atoms with Crippen LogP contribution in [-0.2, 0) is 0 Å². The van der Waals surface area contributed by atoms with E-state index in [1.54, 1.807) is 0 Å². The molecule has 1 heterocycles. The quantitative estimate of drug-likeness (QED) is 0.633. The lowest BCUT2D eigenvalue weighted by molar-refractivity contribution is 0.389. The van der Waals surface area contributed by atoms with Crippen molar-refractivity contribution in [2.45, 2.75) is 52.8 Å². The molecule has 0 aliphatic rings. The summed E-state index contributed by atoms with van der Waals surface area (Å²) in [4.78, 5) is 3.42. The van der Waals surface area contributed by atoms with E-state index < -0.39 is 8.32 Å². The summed E-state index contributed by atoms with van der Waals surface area (Å²) in [5.74, 6) is 1.49. The van der Waals surface area contributed by atoms with Crippen LogP contribution >= 0.6 is 15.9 Å². The van der Waals surface area contributed by atoms with E-state index in [9.17, 15) is 0 Å². The number of nitrogens with one attached hydrogen (secondary N) is 1. The number of aromatic amines is 1. The second-order valence-electron chi connectivity index (χ2n) is 7.31. The summed E-state index contributed by atoms with van der Waals surface area (Å²) in [5, 5.41) is 1.40. The summed E-state index contributed by atoms with van der Waals surface area (Å²) in [6.07, 6.45) is 0. The summed E-state index contributed by atoms with van der Waals surface area (Å²) >= 11 is 3.59. The van der Waals surface area contributed by atoms with Crippen molar-refractivity contribution in [1.82, 2.24) is 4.98 Å². The normalized spacial score (nSPS) is 13.2. The van der Waals surface area contributed by atoms with Gasteiger partial charge in [-0.1, -0.05) is 43.6 Å². The Bertz CT molecular complexity index is 619. The number of halogens is 1. The first kappa shape index (κ1) is 16.6. The van der Waals surface area contributed by atoms with Gasteiger partial charge in [0.05, 0.1) is 0 Å². The number of fused-ring (bicyclic) bond motifs is 1. The van der Waals surface area contributed by atoms with E-state index in [2.05, 4.69) is 86.8 Å². The average molecular weight is 368 g/mol. The summed E-state index contributed by atoms with van der Waals surface area (Å²) in [7, 11) is -1.87. The molecule has 0 radical (unpaired) electrons. The molecule has 21 heavy (non-hydrogen) atoms. The molecule has 116 valence electrons. The Morgan fingerprint density at radius 1 is 1.19 bits per heavy atom. The van der Waals surface area contributed by atoms with Crippen molar-refractivity contribution in [3.05, 3.63) is 28.2 Å². The highest BCUT2D eigenvalue weighted by Gasteiger charge is 2.45. The third kappa shape index (κ3) is 3.06. The fraction of sp³-hybridized carbons (Fsp3) is 0.529. The van der Waals surface area contributed by atoms with E-state index in [0.29, 0.717) is 5.92 Å². The molecule has 0 spiro atoms. The minimum atomic E-state index is -1.87. The van der Waals surface area contributed by atoms with Crippen LogP contribution in [0.25, 0.3) is 10.9 Å². The fourth-order valence-electron chi connectivity index (χ4n) is 2.39. The Balaban J connectivity index is 2.35. The van der Waals surface area contributed by atoms with Crippen LogP contribution in [0.5, 0.6) is 5.88 Å². The Morgan fingerprint density at radius 2 is 1.81 bits per heavy atom. The van der Waals surface area contributed by atoms with Crippen molar-refractivity contribution >= 4 is 35.2 Å². The van der Waals surface area contributed by atoms with E-state index >= 15 is 0 Å². The van der Waals surface area contributed by atoms with Gasteiger partial charge in [-0.25, -0.2) is 0 Å². The first-order chi connectivity index (χ1) is 9.54. The first-order valence-corrected chi connectivity index (χ1v) is 11.2. The molecule has 2 rings (SSSR count). The highest BCUT2D eigenvalue weighted by Crippen LogP contribution is 2.45. The second-order valence-corrected chi connectivity index (χ2v) is 12.7. The molecule has 1 aromatic heterocycles. The summed E-state index contributed by atoms with van der Waals surface area (Å²) in [6.45, 7) is 15.9. The minimum absolute atomic E-state index is 0.209. The van der Waals surface area contributed by atoms with Gasteiger partial charge < -0.3 is 9.41 Å². The van der Waals surface area contributed by atoms with Gasteiger partial charge >= 0.3 is 0 Å². The Labute approximate surface area is 137 Å². The lowest BCUT2D eigenvalue weighted by atomic mass is 9.99. The lowest BCUT2D eigenvalue weighted by Crippen LogP contribution is -2.48. The molecule has 0 aliphatic carbocycles. The molecule has 1 aromatic carbocycles. The van der Waals surface area contributed by atoms with Crippen LogP contribution in [0.4, 0.5) is 0 Å². The molecule has 0 atom stereocenters. The van der Waals surface area contributed by atoms with Crippen molar-refractivity contribution in [2.24, 2.45) is 5.92 Å². The molecule has 0 saturated carbocycles. The molecular formula is C17H26BrNOSi. The lowest BCUT2D eigenvalue weighted by Gasteiger charge is -2.42. The Kier molecular flexibility index (Phi) is 4.33. The zero-order valence-corrected chi connectivity index (χ0v) is 16.7. The molecule has 0 fully saturated rings. The van der Waals surface area contributed by atoms with Crippen molar-refractivity contribution in [3.8, 4) is 5.88 Å². The number of H-pyrrole nitrogens is 1. The molecule has 0 bridgehead atoms. The standard InChI is InChI=1S/C17H26BrNOSi/c1-11(2)17(4,5)21(6,7)20-16-10-13-9-14(18)12(3)8-15(13)19-16/h8-11,19H,1-7H3. The maximum absolute atomic E-state index is 6.46. The molecule has 0 aliphatic heterocycles. The highest BCUT2D eigenvalue weighted by molar-refractivity contribution is 9.10. The van der Waals surface area contributed by atoms with Crippen molar-refractivity contribution in [3.63, 3.8) is 0 Å². The minimum Gasteiger partial charge on any atom is -0.532 e. The number of benzene rings is 1. The predicted octanol–water partition coefficient (Wildman–Crippen LogP) is 6.26. The molecular weight excluding hydrogens is 342 g/mol. The Morgan fingerprint density at radius 3 is 2.38 bits per heavy atom. The topological polar surface area (TPSA) is 25.0 Å². The van der Waals surface area contributed by atoms with E-state index in [1.807, 2.05) is 0 Å². The number of hydrogen-bond acceptors (Lipinski definition) is 1. The molecule has 2 aromatic rings. The van der Waals surface area contributed by atoms with Gasteiger partial charge in [0.2, 0.25) is 0 Å². The molecule has 2 nitrogen and oxygen atoms in total. The third-order valence-corrected chi connectivity index (χ3v) is 10.5. The van der Waals surface area contributed by atoms with Gasteiger partial charge in [-0.05, 0) is 48.7 Å². The third-order valence-electron chi connectivity index (χ3n) is 5.24. The molecule has 1 N–H and O–H groups in total. The van der Waals surface area contributed by atoms with Gasteiger partial charge in [0.1, 0.15) is 0 Å². The summed E-state index contributed by atoms with van der Waals surface area (Å²) in [6, 6.07) is 6.43. The van der Waals surface area contributed by atoms with E-state index in [0.717, 1.165) is 15.9 Å². The van der Waals surface area contributed by atoms with Crippen LogP contribution in [0.15, 0.2) is 22.7 Å². The predicted molar refractivity (Wildman–Crippen MR) is 97.7 cm³/mol. The maximum atomic E-state index is 6.46.